The number of hydrogen-bond donors (Lipinski definition) is 2. The van der Waals surface area contributed by atoms with Crippen LogP contribution < -0.4 is 10.6 Å². The van der Waals surface area contributed by atoms with E-state index in [1.165, 1.54) is 0 Å². The first kappa shape index (κ1) is 22.0. The van der Waals surface area contributed by atoms with Crippen LogP contribution in [0.5, 0.6) is 0 Å². The van der Waals surface area contributed by atoms with E-state index in [1.54, 1.807) is 6.07 Å². The lowest BCUT2D eigenvalue weighted by molar-refractivity contribution is -0.126. The lowest BCUT2D eigenvalue weighted by Crippen LogP contribution is -2.38. The number of nitrogens with zero attached hydrogens (tertiary/aromatic N) is 1. The average molecular weight is 410 g/mol. The van der Waals surface area contributed by atoms with E-state index < -0.39 is 0 Å². The third-order valence-corrected chi connectivity index (χ3v) is 5.47. The maximum Gasteiger partial charge on any atom is 0.251 e. The maximum atomic E-state index is 12.9. The molecule has 2 aromatic carbocycles. The SMILES string of the molecule is CCN(C)C(C(=O)NCc1cccc(C(=O)NCC2CCCO2)c1)c1ccccc1. The minimum atomic E-state index is -0.353. The highest BCUT2D eigenvalue weighted by Crippen LogP contribution is 2.19. The summed E-state index contributed by atoms with van der Waals surface area (Å²) < 4.78 is 5.55. The molecule has 0 saturated carbocycles. The molecule has 1 heterocycles. The number of benzene rings is 2. The van der Waals surface area contributed by atoms with E-state index in [4.69, 9.17) is 4.74 Å². The Hall–Kier alpha value is -2.70. The molecule has 2 unspecified atom stereocenters. The molecule has 1 saturated heterocycles. The monoisotopic (exact) mass is 409 g/mol. The van der Waals surface area contributed by atoms with Crippen LogP contribution in [0.2, 0.25) is 0 Å². The molecule has 160 valence electrons. The summed E-state index contributed by atoms with van der Waals surface area (Å²) in [6.07, 6.45) is 2.15. The molecule has 3 rings (SSSR count). The number of amides is 2. The number of rotatable bonds is 9. The van der Waals surface area contributed by atoms with Crippen LogP contribution in [0.4, 0.5) is 0 Å². The molecule has 0 aromatic heterocycles. The van der Waals surface area contributed by atoms with Crippen molar-refractivity contribution in [1.29, 1.82) is 0 Å². The van der Waals surface area contributed by atoms with Crippen molar-refractivity contribution in [2.45, 2.75) is 38.5 Å². The Balaban J connectivity index is 1.59. The molecular formula is C24H31N3O3. The zero-order chi connectivity index (χ0) is 21.3. The minimum absolute atomic E-state index is 0.0567. The molecule has 2 amide bonds. The van der Waals surface area contributed by atoms with Gasteiger partial charge in [-0.25, -0.2) is 0 Å². The molecule has 1 aliphatic heterocycles. The molecule has 1 fully saturated rings. The highest BCUT2D eigenvalue weighted by Gasteiger charge is 2.24. The standard InChI is InChI=1S/C24H31N3O3/c1-3-27(2)22(19-10-5-4-6-11-19)24(29)25-16-18-9-7-12-20(15-18)23(28)26-17-21-13-8-14-30-21/h4-7,9-12,15,21-22H,3,8,13-14,16-17H2,1-2H3,(H,25,29)(H,26,28). The summed E-state index contributed by atoms with van der Waals surface area (Å²) in [6, 6.07) is 16.8. The van der Waals surface area contributed by atoms with Crippen LogP contribution in [0.1, 0.15) is 47.3 Å². The Kier molecular flexibility index (Phi) is 7.99. The maximum absolute atomic E-state index is 12.9. The molecular weight excluding hydrogens is 378 g/mol. The molecule has 2 N–H and O–H groups in total. The molecule has 0 bridgehead atoms. The van der Waals surface area contributed by atoms with E-state index in [0.717, 1.165) is 37.1 Å². The summed E-state index contributed by atoms with van der Waals surface area (Å²) >= 11 is 0. The second kappa shape index (κ2) is 10.9. The van der Waals surface area contributed by atoms with Gasteiger partial charge in [0.2, 0.25) is 5.91 Å². The van der Waals surface area contributed by atoms with Gasteiger partial charge in [0.05, 0.1) is 6.10 Å². The quantitative estimate of drug-likeness (QED) is 0.668. The van der Waals surface area contributed by atoms with Gasteiger partial charge in [-0.3, -0.25) is 14.5 Å². The predicted molar refractivity (Wildman–Crippen MR) is 117 cm³/mol. The van der Waals surface area contributed by atoms with Gasteiger partial charge in [0, 0.05) is 25.3 Å². The van der Waals surface area contributed by atoms with Crippen LogP contribution in [0.3, 0.4) is 0 Å². The van der Waals surface area contributed by atoms with Crippen LogP contribution in [0, 0.1) is 0 Å². The Labute approximate surface area is 178 Å². The second-order valence-corrected chi connectivity index (χ2v) is 7.65. The smallest absolute Gasteiger partial charge is 0.251 e. The topological polar surface area (TPSA) is 70.7 Å². The Bertz CT molecular complexity index is 835. The molecule has 0 aliphatic carbocycles. The predicted octanol–water partition coefficient (Wildman–Crippen LogP) is 2.90. The van der Waals surface area contributed by atoms with E-state index in [0.29, 0.717) is 18.7 Å². The van der Waals surface area contributed by atoms with Crippen LogP contribution in [0.25, 0.3) is 0 Å². The zero-order valence-corrected chi connectivity index (χ0v) is 17.8. The minimum Gasteiger partial charge on any atom is -0.376 e. The normalized spacial score (nSPS) is 17.0. The van der Waals surface area contributed by atoms with Crippen molar-refractivity contribution in [2.75, 3.05) is 26.7 Å². The zero-order valence-electron chi connectivity index (χ0n) is 17.8. The van der Waals surface area contributed by atoms with Gasteiger partial charge >= 0.3 is 0 Å². The first-order valence-corrected chi connectivity index (χ1v) is 10.6. The van der Waals surface area contributed by atoms with Gasteiger partial charge in [-0.15, -0.1) is 0 Å². The third kappa shape index (κ3) is 5.90. The fourth-order valence-electron chi connectivity index (χ4n) is 3.65. The number of carbonyl (C=O) groups excluding carboxylic acids is 2. The van der Waals surface area contributed by atoms with Crippen LogP contribution in [0.15, 0.2) is 54.6 Å². The van der Waals surface area contributed by atoms with Gasteiger partial charge in [-0.05, 0) is 49.7 Å². The van der Waals surface area contributed by atoms with Crippen molar-refractivity contribution < 1.29 is 14.3 Å². The van der Waals surface area contributed by atoms with E-state index in [1.807, 2.05) is 67.4 Å². The largest absolute Gasteiger partial charge is 0.376 e. The summed E-state index contributed by atoms with van der Waals surface area (Å²) in [6.45, 7) is 4.46. The Morgan fingerprint density at radius 3 is 2.63 bits per heavy atom. The summed E-state index contributed by atoms with van der Waals surface area (Å²) in [4.78, 5) is 27.4. The molecule has 6 nitrogen and oxygen atoms in total. The highest BCUT2D eigenvalue weighted by atomic mass is 16.5. The van der Waals surface area contributed by atoms with Crippen molar-refractivity contribution in [3.8, 4) is 0 Å². The second-order valence-electron chi connectivity index (χ2n) is 7.65. The van der Waals surface area contributed by atoms with Crippen molar-refractivity contribution in [3.05, 3.63) is 71.3 Å². The van der Waals surface area contributed by atoms with Crippen molar-refractivity contribution in [2.24, 2.45) is 0 Å². The summed E-state index contributed by atoms with van der Waals surface area (Å²) in [5, 5.41) is 5.96. The molecule has 30 heavy (non-hydrogen) atoms. The summed E-state index contributed by atoms with van der Waals surface area (Å²) in [5.41, 5.74) is 2.44. The summed E-state index contributed by atoms with van der Waals surface area (Å²) in [5.74, 6) is -0.176. The molecule has 2 aromatic rings. The van der Waals surface area contributed by atoms with E-state index in [-0.39, 0.29) is 24.0 Å². The van der Waals surface area contributed by atoms with E-state index >= 15 is 0 Å². The van der Waals surface area contributed by atoms with Crippen LogP contribution in [-0.2, 0) is 16.1 Å². The Morgan fingerprint density at radius 2 is 1.93 bits per heavy atom. The number of ether oxygens (including phenoxy) is 1. The molecule has 0 radical (unpaired) electrons. The van der Waals surface area contributed by atoms with Gasteiger partial charge < -0.3 is 15.4 Å². The number of hydrogen-bond acceptors (Lipinski definition) is 4. The van der Waals surface area contributed by atoms with E-state index in [2.05, 4.69) is 10.6 Å². The number of nitrogens with one attached hydrogen (secondary N) is 2. The van der Waals surface area contributed by atoms with Crippen LogP contribution in [-0.4, -0.2) is 49.6 Å². The average Bonchev–Trinajstić information content (AvgIpc) is 3.30. The lowest BCUT2D eigenvalue weighted by Gasteiger charge is -2.26. The van der Waals surface area contributed by atoms with Crippen LogP contribution >= 0.6 is 0 Å². The number of carbonyl (C=O) groups is 2. The molecule has 6 heteroatoms. The van der Waals surface area contributed by atoms with Crippen molar-refractivity contribution >= 4 is 11.8 Å². The lowest BCUT2D eigenvalue weighted by atomic mass is 10.0. The molecule has 0 spiro atoms. The first-order chi connectivity index (χ1) is 14.6. The van der Waals surface area contributed by atoms with Crippen molar-refractivity contribution in [1.82, 2.24) is 15.5 Å². The van der Waals surface area contributed by atoms with Gasteiger partial charge in [-0.1, -0.05) is 49.4 Å². The van der Waals surface area contributed by atoms with Gasteiger partial charge in [-0.2, -0.15) is 0 Å². The fraction of sp³-hybridized carbons (Fsp3) is 0.417. The first-order valence-electron chi connectivity index (χ1n) is 10.6. The van der Waals surface area contributed by atoms with Gasteiger partial charge in [0.25, 0.3) is 5.91 Å². The van der Waals surface area contributed by atoms with Gasteiger partial charge in [0.15, 0.2) is 0 Å². The fourth-order valence-corrected chi connectivity index (χ4v) is 3.65. The van der Waals surface area contributed by atoms with E-state index in [9.17, 15) is 9.59 Å². The third-order valence-electron chi connectivity index (χ3n) is 5.47. The molecule has 2 atom stereocenters. The van der Waals surface area contributed by atoms with Gasteiger partial charge in [0.1, 0.15) is 6.04 Å². The Morgan fingerprint density at radius 1 is 1.13 bits per heavy atom. The highest BCUT2D eigenvalue weighted by molar-refractivity contribution is 5.94. The number of likely N-dealkylation sites (N-methyl/N-ethyl adjacent to an activating group) is 1. The molecule has 1 aliphatic rings. The van der Waals surface area contributed by atoms with Crippen molar-refractivity contribution in [3.63, 3.8) is 0 Å². The summed E-state index contributed by atoms with van der Waals surface area (Å²) in [7, 11) is 1.94.